The topological polar surface area (TPSA) is 54.7 Å². The lowest BCUT2D eigenvalue weighted by atomic mass is 10.1. The fourth-order valence-corrected chi connectivity index (χ4v) is 1.91. The van der Waals surface area contributed by atoms with Gasteiger partial charge in [-0.2, -0.15) is 18.3 Å². The molecule has 0 amide bonds. The summed E-state index contributed by atoms with van der Waals surface area (Å²) in [6.45, 7) is 3.85. The molecule has 84 valence electrons. The fourth-order valence-electron chi connectivity index (χ4n) is 1.91. The van der Waals surface area contributed by atoms with Crippen molar-refractivity contribution in [2.75, 3.05) is 0 Å². The van der Waals surface area contributed by atoms with Crippen LogP contribution >= 0.6 is 0 Å². The Kier molecular flexibility index (Phi) is 1.92. The van der Waals surface area contributed by atoms with Gasteiger partial charge >= 0.3 is 6.18 Å². The number of halogens is 3. The van der Waals surface area contributed by atoms with Gasteiger partial charge in [0.05, 0.1) is 0 Å². The van der Waals surface area contributed by atoms with Gasteiger partial charge < -0.3 is 5.73 Å². The smallest absolute Gasteiger partial charge is 0.327 e. The lowest BCUT2D eigenvalue weighted by molar-refractivity contribution is -0.141. The van der Waals surface area contributed by atoms with Crippen LogP contribution in [0.25, 0.3) is 0 Å². The SMILES string of the molecule is CC1(C)[C@@H](N)[C@@H]1c1cc(C(F)(F)F)n[nH]1. The third-order valence-corrected chi connectivity index (χ3v) is 3.13. The van der Waals surface area contributed by atoms with Crippen molar-refractivity contribution < 1.29 is 13.2 Å². The lowest BCUT2D eigenvalue weighted by Gasteiger charge is -1.99. The normalized spacial score (nSPS) is 29.2. The predicted molar refractivity (Wildman–Crippen MR) is 48.1 cm³/mol. The van der Waals surface area contributed by atoms with Crippen molar-refractivity contribution in [3.8, 4) is 0 Å². The second-order valence-corrected chi connectivity index (χ2v) is 4.53. The highest BCUT2D eigenvalue weighted by atomic mass is 19.4. The van der Waals surface area contributed by atoms with Crippen LogP contribution in [-0.4, -0.2) is 16.2 Å². The number of nitrogens with one attached hydrogen (secondary N) is 1. The van der Waals surface area contributed by atoms with Crippen LogP contribution in [0.5, 0.6) is 0 Å². The van der Waals surface area contributed by atoms with Crippen LogP contribution < -0.4 is 5.73 Å². The first-order valence-electron chi connectivity index (χ1n) is 4.62. The molecule has 0 saturated heterocycles. The van der Waals surface area contributed by atoms with E-state index in [-0.39, 0.29) is 17.4 Å². The number of aromatic nitrogens is 2. The van der Waals surface area contributed by atoms with Gasteiger partial charge in [0.2, 0.25) is 0 Å². The van der Waals surface area contributed by atoms with Crippen molar-refractivity contribution in [2.24, 2.45) is 11.1 Å². The molecule has 0 bridgehead atoms. The Bertz CT molecular complexity index is 380. The molecular formula is C9H12F3N3. The van der Waals surface area contributed by atoms with Gasteiger partial charge in [0.15, 0.2) is 5.69 Å². The Balaban J connectivity index is 2.23. The monoisotopic (exact) mass is 219 g/mol. The number of H-pyrrole nitrogens is 1. The van der Waals surface area contributed by atoms with Gasteiger partial charge in [-0.1, -0.05) is 13.8 Å². The molecule has 1 fully saturated rings. The highest BCUT2D eigenvalue weighted by Gasteiger charge is 2.57. The molecule has 2 atom stereocenters. The van der Waals surface area contributed by atoms with Crippen molar-refractivity contribution in [1.29, 1.82) is 0 Å². The summed E-state index contributed by atoms with van der Waals surface area (Å²) in [6, 6.07) is 0.943. The standard InChI is InChI=1S/C9H12F3N3/c1-8(2)6(7(8)13)4-3-5(15-14-4)9(10,11)12/h3,6-7H,13H2,1-2H3,(H,14,15)/t6-,7-/m0/s1. The first-order chi connectivity index (χ1) is 6.74. The maximum Gasteiger partial charge on any atom is 0.435 e. The Morgan fingerprint density at radius 3 is 2.33 bits per heavy atom. The van der Waals surface area contributed by atoms with E-state index in [0.717, 1.165) is 6.07 Å². The molecule has 0 spiro atoms. The zero-order valence-corrected chi connectivity index (χ0v) is 8.39. The van der Waals surface area contributed by atoms with Gasteiger partial charge in [-0.25, -0.2) is 0 Å². The van der Waals surface area contributed by atoms with Gasteiger partial charge in [-0.3, -0.25) is 5.10 Å². The summed E-state index contributed by atoms with van der Waals surface area (Å²) in [4.78, 5) is 0. The van der Waals surface area contributed by atoms with Crippen molar-refractivity contribution >= 4 is 0 Å². The van der Waals surface area contributed by atoms with Crippen molar-refractivity contribution in [3.63, 3.8) is 0 Å². The second-order valence-electron chi connectivity index (χ2n) is 4.53. The molecular weight excluding hydrogens is 207 g/mol. The second kappa shape index (κ2) is 2.75. The molecule has 6 heteroatoms. The van der Waals surface area contributed by atoms with Crippen LogP contribution in [0.2, 0.25) is 0 Å². The summed E-state index contributed by atoms with van der Waals surface area (Å²) < 4.78 is 36.8. The van der Waals surface area contributed by atoms with Crippen LogP contribution in [0.15, 0.2) is 6.07 Å². The highest BCUT2D eigenvalue weighted by Crippen LogP contribution is 2.57. The van der Waals surface area contributed by atoms with E-state index in [1.165, 1.54) is 0 Å². The maximum atomic E-state index is 12.3. The summed E-state index contributed by atoms with van der Waals surface area (Å²) in [7, 11) is 0. The highest BCUT2D eigenvalue weighted by molar-refractivity contribution is 5.30. The third kappa shape index (κ3) is 1.52. The number of rotatable bonds is 1. The van der Waals surface area contributed by atoms with Crippen LogP contribution in [0.3, 0.4) is 0 Å². The Morgan fingerprint density at radius 1 is 1.47 bits per heavy atom. The summed E-state index contributed by atoms with van der Waals surface area (Å²) in [6.07, 6.45) is -4.39. The number of aromatic amines is 1. The van der Waals surface area contributed by atoms with Crippen LogP contribution in [0, 0.1) is 5.41 Å². The summed E-state index contributed by atoms with van der Waals surface area (Å²) in [5, 5.41) is 5.65. The molecule has 0 aromatic carbocycles. The molecule has 1 aliphatic carbocycles. The Morgan fingerprint density at radius 2 is 2.00 bits per heavy atom. The molecule has 1 aromatic heterocycles. The third-order valence-electron chi connectivity index (χ3n) is 3.13. The van der Waals surface area contributed by atoms with Gasteiger partial charge in [-0.05, 0) is 11.5 Å². The van der Waals surface area contributed by atoms with Gasteiger partial charge in [-0.15, -0.1) is 0 Å². The summed E-state index contributed by atoms with van der Waals surface area (Å²) in [5.41, 5.74) is 5.21. The fraction of sp³-hybridized carbons (Fsp3) is 0.667. The van der Waals surface area contributed by atoms with Gasteiger partial charge in [0, 0.05) is 17.7 Å². The molecule has 1 saturated carbocycles. The van der Waals surface area contributed by atoms with Crippen molar-refractivity contribution in [2.45, 2.75) is 32.0 Å². The molecule has 0 radical (unpaired) electrons. The Labute approximate surface area is 84.8 Å². The molecule has 15 heavy (non-hydrogen) atoms. The van der Waals surface area contributed by atoms with Gasteiger partial charge in [0.25, 0.3) is 0 Å². The molecule has 1 aliphatic rings. The minimum Gasteiger partial charge on any atom is -0.327 e. The van der Waals surface area contributed by atoms with E-state index in [1.807, 2.05) is 13.8 Å². The number of hydrogen-bond acceptors (Lipinski definition) is 2. The lowest BCUT2D eigenvalue weighted by Crippen LogP contribution is -2.06. The Hall–Kier alpha value is -1.04. The van der Waals surface area contributed by atoms with Gasteiger partial charge in [0.1, 0.15) is 0 Å². The first kappa shape index (κ1) is 10.5. The van der Waals surface area contributed by atoms with E-state index in [4.69, 9.17) is 5.73 Å². The van der Waals surface area contributed by atoms with Crippen molar-refractivity contribution in [1.82, 2.24) is 10.2 Å². The average molecular weight is 219 g/mol. The minimum atomic E-state index is -4.39. The molecule has 0 unspecified atom stereocenters. The molecule has 2 rings (SSSR count). The largest absolute Gasteiger partial charge is 0.435 e. The van der Waals surface area contributed by atoms with E-state index < -0.39 is 11.9 Å². The number of nitrogens with zero attached hydrogens (tertiary/aromatic N) is 1. The predicted octanol–water partition coefficient (Wildman–Crippen LogP) is 1.88. The van der Waals surface area contributed by atoms with Crippen LogP contribution in [0.1, 0.15) is 31.2 Å². The number of alkyl halides is 3. The molecule has 3 N–H and O–H groups in total. The molecule has 3 nitrogen and oxygen atoms in total. The zero-order valence-electron chi connectivity index (χ0n) is 8.39. The zero-order chi connectivity index (χ0) is 11.4. The van der Waals surface area contributed by atoms with E-state index >= 15 is 0 Å². The van der Waals surface area contributed by atoms with Crippen LogP contribution in [0.4, 0.5) is 13.2 Å². The summed E-state index contributed by atoms with van der Waals surface area (Å²) >= 11 is 0. The molecule has 0 aliphatic heterocycles. The van der Waals surface area contributed by atoms with Crippen LogP contribution in [-0.2, 0) is 6.18 Å². The molecule has 1 aromatic rings. The van der Waals surface area contributed by atoms with E-state index in [1.54, 1.807) is 0 Å². The molecule has 1 heterocycles. The minimum absolute atomic E-state index is 0.0545. The number of hydrogen-bond donors (Lipinski definition) is 2. The average Bonchev–Trinajstić information content (AvgIpc) is 2.53. The van der Waals surface area contributed by atoms with E-state index in [2.05, 4.69) is 10.2 Å². The quantitative estimate of drug-likeness (QED) is 0.757. The maximum absolute atomic E-state index is 12.3. The number of nitrogens with two attached hydrogens (primary N) is 1. The van der Waals surface area contributed by atoms with E-state index in [9.17, 15) is 13.2 Å². The first-order valence-corrected chi connectivity index (χ1v) is 4.62. The summed E-state index contributed by atoms with van der Waals surface area (Å²) in [5.74, 6) is -0.0545. The van der Waals surface area contributed by atoms with Crippen molar-refractivity contribution in [3.05, 3.63) is 17.5 Å². The van der Waals surface area contributed by atoms with E-state index in [0.29, 0.717) is 5.69 Å².